The van der Waals surface area contributed by atoms with E-state index in [1.807, 2.05) is 22.2 Å². The molecule has 82 valence electrons. The van der Waals surface area contributed by atoms with Gasteiger partial charge in [0, 0.05) is 17.8 Å². The zero-order valence-electron chi connectivity index (χ0n) is 8.49. The smallest absolute Gasteiger partial charge is 0.243 e. The Morgan fingerprint density at radius 3 is 3.06 bits per heavy atom. The van der Waals surface area contributed by atoms with Crippen molar-refractivity contribution >= 4 is 16.3 Å². The summed E-state index contributed by atoms with van der Waals surface area (Å²) in [5.74, 6) is 0.898. The number of aromatic nitrogens is 4. The predicted octanol–water partition coefficient (Wildman–Crippen LogP) is 1.47. The van der Waals surface area contributed by atoms with Gasteiger partial charge in [-0.2, -0.15) is 4.98 Å². The van der Waals surface area contributed by atoms with Crippen LogP contribution < -0.4 is 5.73 Å². The van der Waals surface area contributed by atoms with E-state index in [0.29, 0.717) is 17.4 Å². The normalized spacial score (nSPS) is 13.4. The Kier molecular flexibility index (Phi) is 2.01. The van der Waals surface area contributed by atoms with Crippen LogP contribution in [0.25, 0.3) is 16.5 Å². The molecule has 3 aromatic rings. The van der Waals surface area contributed by atoms with Crippen LogP contribution in [-0.4, -0.2) is 19.5 Å². The Bertz CT molecular complexity index is 594. The molecular weight excluding hydrogens is 226 g/mol. The number of nitrogens with two attached hydrogens (primary N) is 1. The lowest BCUT2D eigenvalue weighted by atomic mass is 10.4. The highest BCUT2D eigenvalue weighted by molar-refractivity contribution is 7.15. The maximum absolute atomic E-state index is 5.64. The molecule has 0 aliphatic carbocycles. The predicted molar refractivity (Wildman–Crippen MR) is 59.0 cm³/mol. The molecule has 1 unspecified atom stereocenters. The Balaban J connectivity index is 2.05. The van der Waals surface area contributed by atoms with Gasteiger partial charge in [-0.05, 0) is 6.92 Å². The van der Waals surface area contributed by atoms with E-state index >= 15 is 0 Å². The third kappa shape index (κ3) is 1.41. The molecule has 16 heavy (non-hydrogen) atoms. The molecule has 0 saturated carbocycles. The van der Waals surface area contributed by atoms with Gasteiger partial charge in [-0.15, -0.1) is 11.3 Å². The lowest BCUT2D eigenvalue weighted by molar-refractivity contribution is 0.362. The van der Waals surface area contributed by atoms with Crippen molar-refractivity contribution in [3.05, 3.63) is 23.7 Å². The quantitative estimate of drug-likeness (QED) is 0.727. The Hall–Kier alpha value is -1.73. The van der Waals surface area contributed by atoms with Crippen LogP contribution in [0.5, 0.6) is 0 Å². The minimum Gasteiger partial charge on any atom is -0.337 e. The molecule has 7 heteroatoms. The van der Waals surface area contributed by atoms with Crippen LogP contribution in [0.3, 0.4) is 0 Å². The summed E-state index contributed by atoms with van der Waals surface area (Å²) >= 11 is 1.56. The van der Waals surface area contributed by atoms with Crippen molar-refractivity contribution < 1.29 is 4.52 Å². The van der Waals surface area contributed by atoms with E-state index in [4.69, 9.17) is 10.3 Å². The van der Waals surface area contributed by atoms with Gasteiger partial charge in [0.15, 0.2) is 4.96 Å². The standard InChI is InChI=1S/C9H9N5OS/c1-5(10)8-12-7(13-15-8)6-4-14-2-3-16-9(14)11-6/h2-5H,10H2,1H3. The first-order valence-electron chi connectivity index (χ1n) is 4.76. The van der Waals surface area contributed by atoms with Gasteiger partial charge in [-0.25, -0.2) is 4.98 Å². The Morgan fingerprint density at radius 1 is 1.50 bits per heavy atom. The summed E-state index contributed by atoms with van der Waals surface area (Å²) in [5.41, 5.74) is 6.34. The first-order valence-corrected chi connectivity index (χ1v) is 5.64. The second kappa shape index (κ2) is 3.39. The SMILES string of the molecule is CC(N)c1nc(-c2cn3ccsc3n2)no1. The minimum absolute atomic E-state index is 0.259. The summed E-state index contributed by atoms with van der Waals surface area (Å²) in [7, 11) is 0. The number of nitrogens with zero attached hydrogens (tertiary/aromatic N) is 4. The summed E-state index contributed by atoms with van der Waals surface area (Å²) in [6.07, 6.45) is 3.80. The molecule has 0 aromatic carbocycles. The molecule has 0 spiro atoms. The molecule has 6 nitrogen and oxygen atoms in total. The average Bonchev–Trinajstić information content (AvgIpc) is 2.91. The summed E-state index contributed by atoms with van der Waals surface area (Å²) in [6, 6.07) is -0.259. The lowest BCUT2D eigenvalue weighted by Gasteiger charge is -1.92. The van der Waals surface area contributed by atoms with Crippen molar-refractivity contribution in [2.45, 2.75) is 13.0 Å². The van der Waals surface area contributed by atoms with Crippen LogP contribution in [-0.2, 0) is 0 Å². The maximum Gasteiger partial charge on any atom is 0.243 e. The van der Waals surface area contributed by atoms with E-state index in [1.165, 1.54) is 0 Å². The van der Waals surface area contributed by atoms with Crippen molar-refractivity contribution in [3.8, 4) is 11.5 Å². The number of fused-ring (bicyclic) bond motifs is 1. The first kappa shape index (κ1) is 9.49. The molecule has 0 radical (unpaired) electrons. The van der Waals surface area contributed by atoms with Crippen LogP contribution >= 0.6 is 11.3 Å². The lowest BCUT2D eigenvalue weighted by Crippen LogP contribution is -2.04. The first-order chi connectivity index (χ1) is 7.74. The second-order valence-electron chi connectivity index (χ2n) is 3.46. The highest BCUT2D eigenvalue weighted by Gasteiger charge is 2.14. The van der Waals surface area contributed by atoms with Gasteiger partial charge in [0.1, 0.15) is 5.69 Å². The number of hydrogen-bond acceptors (Lipinski definition) is 6. The maximum atomic E-state index is 5.64. The summed E-state index contributed by atoms with van der Waals surface area (Å²) in [6.45, 7) is 1.79. The summed E-state index contributed by atoms with van der Waals surface area (Å²) in [4.78, 5) is 9.46. The van der Waals surface area contributed by atoms with Gasteiger partial charge in [-0.3, -0.25) is 4.40 Å². The molecule has 0 saturated heterocycles. The van der Waals surface area contributed by atoms with Crippen LogP contribution in [0.4, 0.5) is 0 Å². The summed E-state index contributed by atoms with van der Waals surface area (Å²) < 4.78 is 6.94. The van der Waals surface area contributed by atoms with E-state index in [9.17, 15) is 0 Å². The summed E-state index contributed by atoms with van der Waals surface area (Å²) in [5, 5.41) is 5.81. The molecule has 0 bridgehead atoms. The molecule has 0 amide bonds. The van der Waals surface area contributed by atoms with Crippen LogP contribution in [0.1, 0.15) is 18.9 Å². The van der Waals surface area contributed by atoms with Gasteiger partial charge >= 0.3 is 0 Å². The zero-order valence-corrected chi connectivity index (χ0v) is 9.31. The molecule has 3 rings (SSSR count). The van der Waals surface area contributed by atoms with Crippen molar-refractivity contribution in [1.29, 1.82) is 0 Å². The topological polar surface area (TPSA) is 82.2 Å². The van der Waals surface area contributed by atoms with Gasteiger partial charge in [0.2, 0.25) is 11.7 Å². The van der Waals surface area contributed by atoms with Gasteiger partial charge < -0.3 is 10.3 Å². The molecular formula is C9H9N5OS. The fourth-order valence-corrected chi connectivity index (χ4v) is 2.06. The molecule has 0 aliphatic rings. The van der Waals surface area contributed by atoms with E-state index < -0.39 is 0 Å². The fourth-order valence-electron chi connectivity index (χ4n) is 1.36. The fraction of sp³-hybridized carbons (Fsp3) is 0.222. The van der Waals surface area contributed by atoms with E-state index in [2.05, 4.69) is 15.1 Å². The highest BCUT2D eigenvalue weighted by atomic mass is 32.1. The number of thiazole rings is 1. The van der Waals surface area contributed by atoms with Crippen LogP contribution in [0.2, 0.25) is 0 Å². The average molecular weight is 235 g/mol. The third-order valence-corrected chi connectivity index (χ3v) is 2.92. The number of hydrogen-bond donors (Lipinski definition) is 1. The molecule has 0 fully saturated rings. The van der Waals surface area contributed by atoms with Crippen LogP contribution in [0.15, 0.2) is 22.3 Å². The van der Waals surface area contributed by atoms with E-state index in [0.717, 1.165) is 4.96 Å². The molecule has 3 aromatic heterocycles. The van der Waals surface area contributed by atoms with E-state index in [1.54, 1.807) is 18.3 Å². The third-order valence-electron chi connectivity index (χ3n) is 2.15. The van der Waals surface area contributed by atoms with E-state index in [-0.39, 0.29) is 6.04 Å². The van der Waals surface area contributed by atoms with Crippen molar-refractivity contribution in [1.82, 2.24) is 19.5 Å². The second-order valence-corrected chi connectivity index (χ2v) is 4.34. The zero-order chi connectivity index (χ0) is 11.1. The molecule has 0 aliphatic heterocycles. The van der Waals surface area contributed by atoms with Crippen LogP contribution in [0, 0.1) is 0 Å². The molecule has 3 heterocycles. The Labute approximate surface area is 94.7 Å². The number of imidazole rings is 1. The minimum atomic E-state index is -0.259. The van der Waals surface area contributed by atoms with Crippen molar-refractivity contribution in [2.24, 2.45) is 5.73 Å². The van der Waals surface area contributed by atoms with Crippen molar-refractivity contribution in [2.75, 3.05) is 0 Å². The largest absolute Gasteiger partial charge is 0.337 e. The van der Waals surface area contributed by atoms with Gasteiger partial charge in [0.25, 0.3) is 0 Å². The van der Waals surface area contributed by atoms with Gasteiger partial charge in [0.05, 0.1) is 6.04 Å². The highest BCUT2D eigenvalue weighted by Crippen LogP contribution is 2.19. The molecule has 2 N–H and O–H groups in total. The van der Waals surface area contributed by atoms with Gasteiger partial charge in [-0.1, -0.05) is 5.16 Å². The molecule has 1 atom stereocenters. The van der Waals surface area contributed by atoms with Crippen molar-refractivity contribution in [3.63, 3.8) is 0 Å². The number of rotatable bonds is 2. The monoisotopic (exact) mass is 235 g/mol. The Morgan fingerprint density at radius 2 is 2.38 bits per heavy atom.